The van der Waals surface area contributed by atoms with Gasteiger partial charge >= 0.3 is 0 Å². The second kappa shape index (κ2) is 4.58. The number of halogens is 1. The van der Waals surface area contributed by atoms with E-state index in [0.29, 0.717) is 11.6 Å². The fraction of sp³-hybridized carbons (Fsp3) is 0.278. The molecule has 2 aromatic carbocycles. The van der Waals surface area contributed by atoms with Crippen molar-refractivity contribution in [3.8, 4) is 0 Å². The largest absolute Gasteiger partial charge is 0.311 e. The molecule has 3 nitrogen and oxygen atoms in total. The van der Waals surface area contributed by atoms with Gasteiger partial charge in [0.25, 0.3) is 5.91 Å². The second-order valence-corrected chi connectivity index (χ2v) is 6.60. The van der Waals surface area contributed by atoms with Gasteiger partial charge in [-0.2, -0.15) is 0 Å². The Hall–Kier alpha value is -1.84. The summed E-state index contributed by atoms with van der Waals surface area (Å²) in [5.41, 5.74) is 4.63. The highest BCUT2D eigenvalue weighted by Gasteiger charge is 2.53. The molecular weight excluding hydrogens is 296 g/mol. The molecule has 0 aromatic heterocycles. The van der Waals surface area contributed by atoms with E-state index in [9.17, 15) is 4.79 Å². The molecule has 2 heterocycles. The van der Waals surface area contributed by atoms with E-state index in [-0.39, 0.29) is 5.91 Å². The van der Waals surface area contributed by atoms with E-state index in [0.717, 1.165) is 23.2 Å². The number of benzene rings is 2. The van der Waals surface area contributed by atoms with Crippen LogP contribution in [-0.4, -0.2) is 23.9 Å². The molecule has 1 amide bonds. The van der Waals surface area contributed by atoms with Gasteiger partial charge in [0.05, 0.1) is 0 Å². The summed E-state index contributed by atoms with van der Waals surface area (Å²) in [5, 5.41) is 4.22. The molecule has 0 bridgehead atoms. The molecule has 0 spiro atoms. The number of nitrogens with zero attached hydrogens (tertiary/aromatic N) is 1. The zero-order valence-electron chi connectivity index (χ0n) is 12.6. The van der Waals surface area contributed by atoms with Crippen molar-refractivity contribution in [3.63, 3.8) is 0 Å². The number of hydrogen-bond acceptors (Lipinski definition) is 2. The highest BCUT2D eigenvalue weighted by Crippen LogP contribution is 2.45. The number of hydrogen-bond donors (Lipinski definition) is 1. The average Bonchev–Trinajstić information content (AvgIpc) is 2.98. The standard InChI is InChI=1S/C18H17ClN2O/c1-11-7-12(2)9-13(8-11)18-16-10-14(19)3-4-15(16)17(22)21(18)6-5-20-18/h3-4,7-10,20H,5-6H2,1-2H3. The topological polar surface area (TPSA) is 32.3 Å². The van der Waals surface area contributed by atoms with Crippen molar-refractivity contribution in [2.75, 3.05) is 13.1 Å². The van der Waals surface area contributed by atoms with Crippen LogP contribution >= 0.6 is 11.6 Å². The molecule has 1 atom stereocenters. The van der Waals surface area contributed by atoms with Crippen molar-refractivity contribution in [3.05, 3.63) is 69.2 Å². The third kappa shape index (κ3) is 1.70. The Labute approximate surface area is 134 Å². The molecule has 0 saturated carbocycles. The number of carbonyl (C=O) groups is 1. The van der Waals surface area contributed by atoms with E-state index in [1.807, 2.05) is 17.0 Å². The third-order valence-electron chi connectivity index (χ3n) is 4.61. The Morgan fingerprint density at radius 1 is 1.14 bits per heavy atom. The monoisotopic (exact) mass is 312 g/mol. The van der Waals surface area contributed by atoms with Gasteiger partial charge in [-0.25, -0.2) is 0 Å². The first-order valence-corrected chi connectivity index (χ1v) is 7.86. The van der Waals surface area contributed by atoms with Crippen LogP contribution in [-0.2, 0) is 5.66 Å². The molecule has 112 valence electrons. The Morgan fingerprint density at radius 2 is 1.86 bits per heavy atom. The van der Waals surface area contributed by atoms with E-state index in [4.69, 9.17) is 11.6 Å². The predicted octanol–water partition coefficient (Wildman–Crippen LogP) is 3.22. The first-order valence-electron chi connectivity index (χ1n) is 7.48. The normalized spacial score (nSPS) is 22.9. The van der Waals surface area contributed by atoms with Crippen LogP contribution < -0.4 is 5.32 Å². The summed E-state index contributed by atoms with van der Waals surface area (Å²) in [5.74, 6) is 0.0795. The van der Waals surface area contributed by atoms with Crippen LogP contribution in [0.5, 0.6) is 0 Å². The molecule has 1 fully saturated rings. The molecule has 2 aliphatic heterocycles. The van der Waals surface area contributed by atoms with Gasteiger partial charge in [-0.1, -0.05) is 40.9 Å². The van der Waals surface area contributed by atoms with Crippen molar-refractivity contribution in [2.45, 2.75) is 19.5 Å². The summed E-state index contributed by atoms with van der Waals surface area (Å²) in [4.78, 5) is 14.7. The van der Waals surface area contributed by atoms with Crippen LogP contribution in [0.15, 0.2) is 36.4 Å². The zero-order chi connectivity index (χ0) is 15.5. The first kappa shape index (κ1) is 13.8. The SMILES string of the molecule is Cc1cc(C)cc(C23NCCN2C(=O)c2ccc(Cl)cc23)c1. The number of carbonyl (C=O) groups excluding carboxylic acids is 1. The number of amides is 1. The van der Waals surface area contributed by atoms with Gasteiger partial charge in [-0.15, -0.1) is 0 Å². The van der Waals surface area contributed by atoms with Gasteiger partial charge in [0.2, 0.25) is 0 Å². The van der Waals surface area contributed by atoms with E-state index in [1.54, 1.807) is 6.07 Å². The zero-order valence-corrected chi connectivity index (χ0v) is 13.4. The van der Waals surface area contributed by atoms with Crippen molar-refractivity contribution < 1.29 is 4.79 Å². The maximum atomic E-state index is 12.8. The van der Waals surface area contributed by atoms with Crippen molar-refractivity contribution in [1.29, 1.82) is 0 Å². The maximum Gasteiger partial charge on any atom is 0.256 e. The van der Waals surface area contributed by atoms with Crippen LogP contribution in [0.4, 0.5) is 0 Å². The van der Waals surface area contributed by atoms with Gasteiger partial charge < -0.3 is 4.90 Å². The molecule has 1 unspecified atom stereocenters. The first-order chi connectivity index (χ1) is 10.5. The van der Waals surface area contributed by atoms with Crippen LogP contribution in [0.2, 0.25) is 5.02 Å². The fourth-order valence-corrected chi connectivity index (χ4v) is 4.02. The van der Waals surface area contributed by atoms with E-state index in [2.05, 4.69) is 37.4 Å². The minimum absolute atomic E-state index is 0.0795. The minimum Gasteiger partial charge on any atom is -0.311 e. The Balaban J connectivity index is 2.03. The van der Waals surface area contributed by atoms with E-state index in [1.165, 1.54) is 11.1 Å². The van der Waals surface area contributed by atoms with Gasteiger partial charge in [0.1, 0.15) is 5.66 Å². The fourth-order valence-electron chi connectivity index (χ4n) is 3.85. The number of aryl methyl sites for hydroxylation is 2. The molecule has 0 radical (unpaired) electrons. The van der Waals surface area contributed by atoms with Crippen molar-refractivity contribution in [2.24, 2.45) is 0 Å². The van der Waals surface area contributed by atoms with Crippen LogP contribution in [0.25, 0.3) is 0 Å². The Morgan fingerprint density at radius 3 is 2.59 bits per heavy atom. The molecule has 1 saturated heterocycles. The van der Waals surface area contributed by atoms with Crippen molar-refractivity contribution >= 4 is 17.5 Å². The van der Waals surface area contributed by atoms with Gasteiger partial charge in [-0.05, 0) is 37.6 Å². The minimum atomic E-state index is -0.575. The van der Waals surface area contributed by atoms with E-state index >= 15 is 0 Å². The quantitative estimate of drug-likeness (QED) is 0.877. The number of nitrogens with one attached hydrogen (secondary N) is 1. The predicted molar refractivity (Wildman–Crippen MR) is 87.2 cm³/mol. The number of fused-ring (bicyclic) bond motifs is 3. The second-order valence-electron chi connectivity index (χ2n) is 6.16. The van der Waals surface area contributed by atoms with Gasteiger partial charge in [0.15, 0.2) is 0 Å². The molecule has 4 heteroatoms. The molecule has 22 heavy (non-hydrogen) atoms. The number of rotatable bonds is 1. The third-order valence-corrected chi connectivity index (χ3v) is 4.84. The summed E-state index contributed by atoms with van der Waals surface area (Å²) >= 11 is 6.22. The summed E-state index contributed by atoms with van der Waals surface area (Å²) in [7, 11) is 0. The summed E-state index contributed by atoms with van der Waals surface area (Å²) in [6, 6.07) is 12.0. The molecular formula is C18H17ClN2O. The maximum absolute atomic E-state index is 12.8. The van der Waals surface area contributed by atoms with Gasteiger partial charge in [-0.3, -0.25) is 10.1 Å². The molecule has 1 N–H and O–H groups in total. The lowest BCUT2D eigenvalue weighted by molar-refractivity contribution is 0.0694. The Bertz CT molecular complexity index is 781. The lowest BCUT2D eigenvalue weighted by Crippen LogP contribution is -2.46. The smallest absolute Gasteiger partial charge is 0.256 e. The van der Waals surface area contributed by atoms with Crippen LogP contribution in [0.1, 0.15) is 32.6 Å². The van der Waals surface area contributed by atoms with E-state index < -0.39 is 5.66 Å². The highest BCUT2D eigenvalue weighted by atomic mass is 35.5. The van der Waals surface area contributed by atoms with Crippen LogP contribution in [0, 0.1) is 13.8 Å². The van der Waals surface area contributed by atoms with Crippen molar-refractivity contribution in [1.82, 2.24) is 10.2 Å². The van der Waals surface area contributed by atoms with Gasteiger partial charge in [0, 0.05) is 29.2 Å². The Kier molecular flexibility index (Phi) is 2.87. The molecule has 2 aromatic rings. The highest BCUT2D eigenvalue weighted by molar-refractivity contribution is 6.30. The lowest BCUT2D eigenvalue weighted by atomic mass is 9.89. The lowest BCUT2D eigenvalue weighted by Gasteiger charge is -2.34. The summed E-state index contributed by atoms with van der Waals surface area (Å²) < 4.78 is 0. The van der Waals surface area contributed by atoms with Crippen LogP contribution in [0.3, 0.4) is 0 Å². The molecule has 0 aliphatic carbocycles. The molecule has 2 aliphatic rings. The summed E-state index contributed by atoms with van der Waals surface area (Å²) in [6.45, 7) is 5.66. The average molecular weight is 313 g/mol. The summed E-state index contributed by atoms with van der Waals surface area (Å²) in [6.07, 6.45) is 0. The molecule has 4 rings (SSSR count).